The van der Waals surface area contributed by atoms with Crippen molar-refractivity contribution in [1.82, 2.24) is 4.90 Å². The zero-order chi connectivity index (χ0) is 20.8. The number of anilines is 1. The molecule has 0 atom stereocenters. The molecule has 0 spiro atoms. The molecule has 1 saturated heterocycles. The van der Waals surface area contributed by atoms with Crippen LogP contribution in [0.4, 0.5) is 11.4 Å². The fraction of sp³-hybridized carbons (Fsp3) is 0.381. The first kappa shape index (κ1) is 20.4. The average molecular weight is 399 g/mol. The van der Waals surface area contributed by atoms with E-state index >= 15 is 0 Å². The number of hydrogen-bond acceptors (Lipinski definition) is 6. The summed E-state index contributed by atoms with van der Waals surface area (Å²) in [5, 5.41) is 11.3. The van der Waals surface area contributed by atoms with Crippen molar-refractivity contribution in [3.63, 3.8) is 0 Å². The molecule has 0 unspecified atom stereocenters. The smallest absolute Gasteiger partial charge is 0.292 e. The minimum Gasteiger partial charge on any atom is -0.497 e. The van der Waals surface area contributed by atoms with Gasteiger partial charge in [-0.2, -0.15) is 0 Å². The lowest BCUT2D eigenvalue weighted by atomic mass is 10.1. The van der Waals surface area contributed by atoms with Crippen LogP contribution in [-0.4, -0.2) is 56.1 Å². The van der Waals surface area contributed by atoms with Crippen molar-refractivity contribution in [1.29, 1.82) is 0 Å². The third kappa shape index (κ3) is 4.77. The Bertz CT molecular complexity index is 878. The van der Waals surface area contributed by atoms with Crippen molar-refractivity contribution in [2.75, 3.05) is 45.3 Å². The highest BCUT2D eigenvalue weighted by molar-refractivity contribution is 5.77. The lowest BCUT2D eigenvalue weighted by molar-refractivity contribution is -0.384. The fourth-order valence-electron chi connectivity index (χ4n) is 3.56. The summed E-state index contributed by atoms with van der Waals surface area (Å²) in [6.45, 7) is 2.22. The number of nitro benzene ring substituents is 1. The van der Waals surface area contributed by atoms with E-state index < -0.39 is 0 Å². The van der Waals surface area contributed by atoms with Gasteiger partial charge in [0.25, 0.3) is 5.69 Å². The molecule has 0 N–H and O–H groups in total. The van der Waals surface area contributed by atoms with Crippen LogP contribution in [0.5, 0.6) is 11.5 Å². The molecule has 0 radical (unpaired) electrons. The van der Waals surface area contributed by atoms with Gasteiger partial charge >= 0.3 is 0 Å². The van der Waals surface area contributed by atoms with Crippen LogP contribution in [0.15, 0.2) is 42.5 Å². The Balaban J connectivity index is 1.58. The Morgan fingerprint density at radius 1 is 1.07 bits per heavy atom. The Labute approximate surface area is 169 Å². The van der Waals surface area contributed by atoms with Gasteiger partial charge in [-0.3, -0.25) is 14.9 Å². The number of benzene rings is 2. The van der Waals surface area contributed by atoms with Gasteiger partial charge in [-0.25, -0.2) is 0 Å². The van der Waals surface area contributed by atoms with Gasteiger partial charge in [-0.15, -0.1) is 0 Å². The lowest BCUT2D eigenvalue weighted by Gasteiger charge is -2.35. The summed E-state index contributed by atoms with van der Waals surface area (Å²) < 4.78 is 10.6. The number of carbonyl (C=O) groups excluding carboxylic acids is 1. The van der Waals surface area contributed by atoms with Crippen LogP contribution < -0.4 is 14.4 Å². The molecule has 3 rings (SSSR count). The standard InChI is InChI=1S/C21H25N3O5/c1-28-17-8-9-20(29-2)16(15-17)7-10-21(25)23-13-11-22(12-14-23)18-5-3-4-6-19(18)24(26)27/h3-6,8-9,15H,7,10-14H2,1-2H3. The second kappa shape index (κ2) is 9.27. The molecule has 2 aromatic carbocycles. The summed E-state index contributed by atoms with van der Waals surface area (Å²) >= 11 is 0. The topological polar surface area (TPSA) is 85.2 Å². The molecular weight excluding hydrogens is 374 g/mol. The van der Waals surface area contributed by atoms with Gasteiger partial charge < -0.3 is 19.3 Å². The van der Waals surface area contributed by atoms with Gasteiger partial charge in [0.1, 0.15) is 17.2 Å². The summed E-state index contributed by atoms with van der Waals surface area (Å²) in [6, 6.07) is 12.3. The number of rotatable bonds is 7. The molecule has 1 aliphatic heterocycles. The van der Waals surface area contributed by atoms with Crippen molar-refractivity contribution >= 4 is 17.3 Å². The number of amides is 1. The summed E-state index contributed by atoms with van der Waals surface area (Å²) in [7, 11) is 3.21. The van der Waals surface area contributed by atoms with Crippen LogP contribution in [-0.2, 0) is 11.2 Å². The third-order valence-electron chi connectivity index (χ3n) is 5.15. The molecule has 1 aliphatic rings. The molecule has 2 aromatic rings. The van der Waals surface area contributed by atoms with Gasteiger partial charge in [-0.1, -0.05) is 12.1 Å². The maximum Gasteiger partial charge on any atom is 0.292 e. The van der Waals surface area contributed by atoms with E-state index in [2.05, 4.69) is 0 Å². The molecule has 154 valence electrons. The first-order valence-electron chi connectivity index (χ1n) is 9.50. The second-order valence-corrected chi connectivity index (χ2v) is 6.79. The summed E-state index contributed by atoms with van der Waals surface area (Å²) in [5.74, 6) is 1.53. The SMILES string of the molecule is COc1ccc(OC)c(CCC(=O)N2CCN(c3ccccc3[N+](=O)[O-])CC2)c1. The van der Waals surface area contributed by atoms with Crippen molar-refractivity contribution in [2.24, 2.45) is 0 Å². The summed E-state index contributed by atoms with van der Waals surface area (Å²) in [6.07, 6.45) is 0.929. The maximum atomic E-state index is 12.7. The van der Waals surface area contributed by atoms with Gasteiger partial charge in [-0.05, 0) is 36.2 Å². The van der Waals surface area contributed by atoms with Crippen molar-refractivity contribution in [3.05, 3.63) is 58.1 Å². The van der Waals surface area contributed by atoms with Gasteiger partial charge in [0, 0.05) is 38.7 Å². The number of piperazine rings is 1. The average Bonchev–Trinajstić information content (AvgIpc) is 2.77. The number of nitro groups is 1. The molecule has 8 heteroatoms. The maximum absolute atomic E-state index is 12.7. The number of ether oxygens (including phenoxy) is 2. The highest BCUT2D eigenvalue weighted by atomic mass is 16.6. The molecular formula is C21H25N3O5. The van der Waals surface area contributed by atoms with E-state index in [4.69, 9.17) is 9.47 Å². The molecule has 0 saturated carbocycles. The Hall–Kier alpha value is -3.29. The Morgan fingerprint density at radius 3 is 2.45 bits per heavy atom. The monoisotopic (exact) mass is 399 g/mol. The molecule has 1 fully saturated rings. The molecule has 8 nitrogen and oxygen atoms in total. The molecule has 0 bridgehead atoms. The first-order chi connectivity index (χ1) is 14.0. The number of para-hydroxylation sites is 2. The normalized spacial score (nSPS) is 13.9. The van der Waals surface area contributed by atoms with Crippen LogP contribution in [0, 0.1) is 10.1 Å². The zero-order valence-electron chi connectivity index (χ0n) is 16.7. The third-order valence-corrected chi connectivity index (χ3v) is 5.15. The van der Waals surface area contributed by atoms with Gasteiger partial charge in [0.2, 0.25) is 5.91 Å². The second-order valence-electron chi connectivity index (χ2n) is 6.79. The predicted molar refractivity (Wildman–Crippen MR) is 110 cm³/mol. The minimum absolute atomic E-state index is 0.0667. The van der Waals surface area contributed by atoms with E-state index in [1.807, 2.05) is 28.0 Å². The number of aryl methyl sites for hydroxylation is 1. The summed E-state index contributed by atoms with van der Waals surface area (Å²) in [4.78, 5) is 27.3. The van der Waals surface area contributed by atoms with Crippen LogP contribution in [0.1, 0.15) is 12.0 Å². The van der Waals surface area contributed by atoms with Crippen molar-refractivity contribution in [3.8, 4) is 11.5 Å². The quantitative estimate of drug-likeness (QED) is 0.526. The van der Waals surface area contributed by atoms with Crippen LogP contribution in [0.3, 0.4) is 0 Å². The van der Waals surface area contributed by atoms with Crippen molar-refractivity contribution < 1.29 is 19.2 Å². The molecule has 29 heavy (non-hydrogen) atoms. The molecule has 1 amide bonds. The number of nitrogens with zero attached hydrogens (tertiary/aromatic N) is 3. The van der Waals surface area contributed by atoms with E-state index in [0.717, 1.165) is 17.1 Å². The fourth-order valence-corrected chi connectivity index (χ4v) is 3.56. The summed E-state index contributed by atoms with van der Waals surface area (Å²) in [5.41, 5.74) is 1.63. The molecule has 1 heterocycles. The van der Waals surface area contributed by atoms with Crippen LogP contribution in [0.25, 0.3) is 0 Å². The molecule has 0 aliphatic carbocycles. The van der Waals surface area contributed by atoms with E-state index in [9.17, 15) is 14.9 Å². The van der Waals surface area contributed by atoms with Crippen LogP contribution >= 0.6 is 0 Å². The van der Waals surface area contributed by atoms with Crippen LogP contribution in [0.2, 0.25) is 0 Å². The number of hydrogen-bond donors (Lipinski definition) is 0. The van der Waals surface area contributed by atoms with E-state index in [1.54, 1.807) is 32.4 Å². The lowest BCUT2D eigenvalue weighted by Crippen LogP contribution is -2.49. The van der Waals surface area contributed by atoms with E-state index in [1.165, 1.54) is 6.07 Å². The molecule has 0 aromatic heterocycles. The van der Waals surface area contributed by atoms with Crippen molar-refractivity contribution in [2.45, 2.75) is 12.8 Å². The minimum atomic E-state index is -0.367. The Morgan fingerprint density at radius 2 is 1.79 bits per heavy atom. The van der Waals surface area contributed by atoms with E-state index in [0.29, 0.717) is 44.7 Å². The van der Waals surface area contributed by atoms with E-state index in [-0.39, 0.29) is 16.5 Å². The number of methoxy groups -OCH3 is 2. The predicted octanol–water partition coefficient (Wildman–Crippen LogP) is 2.89. The van der Waals surface area contributed by atoms with Gasteiger partial charge in [0.15, 0.2) is 0 Å². The van der Waals surface area contributed by atoms with Gasteiger partial charge in [0.05, 0.1) is 19.1 Å². The highest BCUT2D eigenvalue weighted by Gasteiger charge is 2.25. The number of carbonyl (C=O) groups is 1. The largest absolute Gasteiger partial charge is 0.497 e. The highest BCUT2D eigenvalue weighted by Crippen LogP contribution is 2.29. The first-order valence-corrected chi connectivity index (χ1v) is 9.50. The Kier molecular flexibility index (Phi) is 6.54. The zero-order valence-corrected chi connectivity index (χ0v) is 16.7.